The van der Waals surface area contributed by atoms with Crippen molar-refractivity contribution in [1.29, 1.82) is 0 Å². The number of carbonyl (C=O) groups is 3. The second-order valence-electron chi connectivity index (χ2n) is 8.41. The van der Waals surface area contributed by atoms with Gasteiger partial charge in [0.05, 0.1) is 19.0 Å². The van der Waals surface area contributed by atoms with E-state index in [-0.39, 0.29) is 31.3 Å². The number of rotatable bonds is 3. The zero-order valence-electron chi connectivity index (χ0n) is 15.9. The number of alkyl halides is 1. The van der Waals surface area contributed by atoms with E-state index >= 15 is 0 Å². The van der Waals surface area contributed by atoms with Crippen molar-refractivity contribution in [2.45, 2.75) is 57.2 Å². The molecule has 0 aliphatic carbocycles. The van der Waals surface area contributed by atoms with E-state index in [0.29, 0.717) is 12.8 Å². The third kappa shape index (κ3) is 4.64. The summed E-state index contributed by atoms with van der Waals surface area (Å²) in [6, 6.07) is 7.24. The molecule has 2 heterocycles. The lowest BCUT2D eigenvalue weighted by atomic mass is 9.85. The number of amides is 3. The Morgan fingerprint density at radius 2 is 2.04 bits per heavy atom. The van der Waals surface area contributed by atoms with Crippen LogP contribution in [-0.4, -0.2) is 47.2 Å². The van der Waals surface area contributed by atoms with Crippen molar-refractivity contribution in [1.82, 2.24) is 10.2 Å². The van der Waals surface area contributed by atoms with E-state index in [0.717, 1.165) is 11.1 Å². The summed E-state index contributed by atoms with van der Waals surface area (Å²) in [6.07, 6.45) is 0.417. The molecule has 2 saturated heterocycles. The highest BCUT2D eigenvalue weighted by atomic mass is 19.1. The lowest BCUT2D eigenvalue weighted by Crippen LogP contribution is -2.62. The van der Waals surface area contributed by atoms with E-state index in [1.165, 1.54) is 4.90 Å². The van der Waals surface area contributed by atoms with Gasteiger partial charge in [0.1, 0.15) is 11.3 Å². The molecule has 3 amide bonds. The highest BCUT2D eigenvalue weighted by molar-refractivity contribution is 6.00. The monoisotopic (exact) mass is 376 g/mol. The van der Waals surface area contributed by atoms with Gasteiger partial charge in [-0.1, -0.05) is 24.3 Å². The summed E-state index contributed by atoms with van der Waals surface area (Å²) in [4.78, 5) is 36.7. The van der Waals surface area contributed by atoms with Gasteiger partial charge in [0, 0.05) is 12.8 Å². The molecule has 1 N–H and O–H groups in total. The highest BCUT2D eigenvalue weighted by Crippen LogP contribution is 2.32. The summed E-state index contributed by atoms with van der Waals surface area (Å²) in [5.41, 5.74) is -0.560. The molecular weight excluding hydrogens is 351 g/mol. The number of imide groups is 1. The SMILES string of the molecule is CC(C)(C)OC(=O)N1CC(F)(Cc2cccc(C3CCC(=O)NC3=O)c2)C1. The second-order valence-corrected chi connectivity index (χ2v) is 8.41. The van der Waals surface area contributed by atoms with Gasteiger partial charge >= 0.3 is 6.09 Å². The molecule has 1 aromatic rings. The smallest absolute Gasteiger partial charge is 0.410 e. The van der Waals surface area contributed by atoms with Gasteiger partial charge in [0.15, 0.2) is 0 Å². The van der Waals surface area contributed by atoms with E-state index in [9.17, 15) is 18.8 Å². The number of benzene rings is 1. The number of ether oxygens (including phenoxy) is 1. The second kappa shape index (κ2) is 6.94. The third-order valence-corrected chi connectivity index (χ3v) is 4.71. The molecule has 1 unspecified atom stereocenters. The van der Waals surface area contributed by atoms with Crippen LogP contribution in [0.15, 0.2) is 24.3 Å². The van der Waals surface area contributed by atoms with E-state index in [1.807, 2.05) is 18.2 Å². The molecule has 146 valence electrons. The van der Waals surface area contributed by atoms with Gasteiger partial charge in [-0.3, -0.25) is 14.9 Å². The minimum absolute atomic E-state index is 0.00937. The molecular formula is C20H25FN2O4. The first-order valence-electron chi connectivity index (χ1n) is 9.14. The normalized spacial score (nSPS) is 22.1. The molecule has 0 aromatic heterocycles. The maximum atomic E-state index is 15.0. The molecule has 3 rings (SSSR count). The van der Waals surface area contributed by atoms with Gasteiger partial charge in [-0.05, 0) is 38.3 Å². The number of piperidine rings is 1. The largest absolute Gasteiger partial charge is 0.444 e. The Balaban J connectivity index is 1.61. The van der Waals surface area contributed by atoms with Crippen LogP contribution in [0.25, 0.3) is 0 Å². The van der Waals surface area contributed by atoms with Crippen molar-refractivity contribution in [2.75, 3.05) is 13.1 Å². The quantitative estimate of drug-likeness (QED) is 0.823. The van der Waals surface area contributed by atoms with Crippen molar-refractivity contribution >= 4 is 17.9 Å². The lowest BCUT2D eigenvalue weighted by Gasteiger charge is -2.44. The zero-order valence-corrected chi connectivity index (χ0v) is 15.9. The fourth-order valence-corrected chi connectivity index (χ4v) is 3.50. The van der Waals surface area contributed by atoms with Crippen molar-refractivity contribution in [3.63, 3.8) is 0 Å². The number of hydrogen-bond acceptors (Lipinski definition) is 4. The number of hydrogen-bond donors (Lipinski definition) is 1. The Bertz CT molecular complexity index is 765. The first-order valence-corrected chi connectivity index (χ1v) is 9.14. The van der Waals surface area contributed by atoms with Gasteiger partial charge in [-0.15, -0.1) is 0 Å². The fraction of sp³-hybridized carbons (Fsp3) is 0.550. The van der Waals surface area contributed by atoms with Crippen LogP contribution in [0.3, 0.4) is 0 Å². The summed E-state index contributed by atoms with van der Waals surface area (Å²) >= 11 is 0. The molecule has 2 fully saturated rings. The van der Waals surface area contributed by atoms with Crippen molar-refractivity contribution < 1.29 is 23.5 Å². The van der Waals surface area contributed by atoms with E-state index < -0.39 is 23.3 Å². The number of likely N-dealkylation sites (tertiary alicyclic amines) is 1. The standard InChI is InChI=1S/C20H25FN2O4/c1-19(2,3)27-18(26)23-11-20(21,12-23)10-13-5-4-6-14(9-13)15-7-8-16(24)22-17(15)25/h4-6,9,15H,7-8,10-12H2,1-3H3,(H,22,24,25). The van der Waals surface area contributed by atoms with Crippen molar-refractivity contribution in [3.05, 3.63) is 35.4 Å². The molecule has 2 aliphatic rings. The topological polar surface area (TPSA) is 75.7 Å². The Morgan fingerprint density at radius 3 is 2.67 bits per heavy atom. The lowest BCUT2D eigenvalue weighted by molar-refractivity contribution is -0.134. The predicted octanol–water partition coefficient (Wildman–Crippen LogP) is 2.71. The molecule has 0 spiro atoms. The number of nitrogens with zero attached hydrogens (tertiary/aromatic N) is 1. The Kier molecular flexibility index (Phi) is 4.97. The number of carbonyl (C=O) groups excluding carboxylic acids is 3. The Morgan fingerprint density at radius 1 is 1.33 bits per heavy atom. The van der Waals surface area contributed by atoms with Crippen LogP contribution < -0.4 is 5.32 Å². The molecule has 7 heteroatoms. The maximum Gasteiger partial charge on any atom is 0.410 e. The van der Waals surface area contributed by atoms with Gasteiger partial charge in [-0.25, -0.2) is 9.18 Å². The maximum absolute atomic E-state index is 15.0. The molecule has 27 heavy (non-hydrogen) atoms. The average Bonchev–Trinajstić information content (AvgIpc) is 2.51. The highest BCUT2D eigenvalue weighted by Gasteiger charge is 2.47. The summed E-state index contributed by atoms with van der Waals surface area (Å²) in [6.45, 7) is 5.30. The Hall–Kier alpha value is -2.44. The predicted molar refractivity (Wildman–Crippen MR) is 96.9 cm³/mol. The molecule has 6 nitrogen and oxygen atoms in total. The van der Waals surface area contributed by atoms with Gasteiger partial charge < -0.3 is 9.64 Å². The van der Waals surface area contributed by atoms with Crippen LogP contribution in [0.5, 0.6) is 0 Å². The Labute approximate surface area is 158 Å². The van der Waals surface area contributed by atoms with Gasteiger partial charge in [0.25, 0.3) is 0 Å². The zero-order chi connectivity index (χ0) is 19.8. The minimum atomic E-state index is -1.50. The van der Waals surface area contributed by atoms with Crippen LogP contribution in [0.2, 0.25) is 0 Å². The minimum Gasteiger partial charge on any atom is -0.444 e. The van der Waals surface area contributed by atoms with Crippen LogP contribution >= 0.6 is 0 Å². The van der Waals surface area contributed by atoms with Gasteiger partial charge in [0.2, 0.25) is 11.8 Å². The average molecular weight is 376 g/mol. The molecule has 0 saturated carbocycles. The molecule has 1 aromatic carbocycles. The van der Waals surface area contributed by atoms with Crippen molar-refractivity contribution in [2.24, 2.45) is 0 Å². The fourth-order valence-electron chi connectivity index (χ4n) is 3.50. The van der Waals surface area contributed by atoms with Crippen LogP contribution in [0.1, 0.15) is 50.7 Å². The van der Waals surface area contributed by atoms with Crippen LogP contribution in [0.4, 0.5) is 9.18 Å². The molecule has 0 radical (unpaired) electrons. The summed E-state index contributed by atoms with van der Waals surface area (Å²) in [5.74, 6) is -0.956. The summed E-state index contributed by atoms with van der Waals surface area (Å²) in [7, 11) is 0. The van der Waals surface area contributed by atoms with E-state index in [4.69, 9.17) is 4.74 Å². The summed E-state index contributed by atoms with van der Waals surface area (Å²) in [5, 5.41) is 2.34. The van der Waals surface area contributed by atoms with Gasteiger partial charge in [-0.2, -0.15) is 0 Å². The first-order chi connectivity index (χ1) is 12.5. The van der Waals surface area contributed by atoms with E-state index in [2.05, 4.69) is 5.32 Å². The molecule has 0 bridgehead atoms. The molecule has 2 aliphatic heterocycles. The van der Waals surface area contributed by atoms with Crippen molar-refractivity contribution in [3.8, 4) is 0 Å². The first kappa shape index (κ1) is 19.3. The van der Waals surface area contributed by atoms with Crippen LogP contribution in [0, 0.1) is 0 Å². The summed E-state index contributed by atoms with van der Waals surface area (Å²) < 4.78 is 20.2. The number of halogens is 1. The molecule has 1 atom stereocenters. The van der Waals surface area contributed by atoms with Crippen LogP contribution in [-0.2, 0) is 20.7 Å². The number of nitrogens with one attached hydrogen (secondary N) is 1. The van der Waals surface area contributed by atoms with E-state index in [1.54, 1.807) is 26.8 Å². The third-order valence-electron chi connectivity index (χ3n) is 4.71.